The zero-order valence-electron chi connectivity index (χ0n) is 14.9. The van der Waals surface area contributed by atoms with E-state index in [4.69, 9.17) is 19.7 Å². The van der Waals surface area contributed by atoms with E-state index >= 15 is 0 Å². The molecule has 0 spiro atoms. The van der Waals surface area contributed by atoms with Crippen molar-refractivity contribution in [2.75, 3.05) is 26.4 Å². The molecule has 23 heavy (non-hydrogen) atoms. The average molecular weight is 334 g/mol. The summed E-state index contributed by atoms with van der Waals surface area (Å²) >= 11 is 0. The molecule has 0 aliphatic carbocycles. The van der Waals surface area contributed by atoms with Crippen molar-refractivity contribution in [3.63, 3.8) is 0 Å². The highest BCUT2D eigenvalue weighted by Crippen LogP contribution is 2.10. The molecule has 0 fully saturated rings. The summed E-state index contributed by atoms with van der Waals surface area (Å²) in [6.07, 6.45) is 11.6. The first-order valence-corrected chi connectivity index (χ1v) is 9.37. The van der Waals surface area contributed by atoms with Crippen LogP contribution in [0.2, 0.25) is 0 Å². The van der Waals surface area contributed by atoms with Crippen LogP contribution in [0.1, 0.15) is 77.6 Å². The summed E-state index contributed by atoms with van der Waals surface area (Å²) in [4.78, 5) is 0. The second kappa shape index (κ2) is 18.1. The number of aliphatic hydroxyl groups excluding tert-OH is 3. The zero-order valence-corrected chi connectivity index (χ0v) is 14.9. The fraction of sp³-hybridized carbons (Fsp3) is 1.00. The minimum absolute atomic E-state index is 0.0594. The highest BCUT2D eigenvalue weighted by atomic mass is 16.6. The largest absolute Gasteiger partial charge is 0.394 e. The molecule has 0 aromatic carbocycles. The van der Waals surface area contributed by atoms with Gasteiger partial charge in [0.05, 0.1) is 19.8 Å². The monoisotopic (exact) mass is 334 g/mol. The molecule has 0 bridgehead atoms. The van der Waals surface area contributed by atoms with Crippen molar-refractivity contribution in [3.8, 4) is 0 Å². The molecule has 0 saturated carbocycles. The Kier molecular flexibility index (Phi) is 18.0. The van der Waals surface area contributed by atoms with E-state index in [1.54, 1.807) is 0 Å². The van der Waals surface area contributed by atoms with Crippen molar-refractivity contribution < 1.29 is 24.8 Å². The lowest BCUT2D eigenvalue weighted by atomic mass is 10.1. The summed E-state index contributed by atoms with van der Waals surface area (Å²) in [7, 11) is 0. The first-order chi connectivity index (χ1) is 11.2. The highest BCUT2D eigenvalue weighted by Gasteiger charge is 2.08. The molecule has 0 rings (SSSR count). The lowest BCUT2D eigenvalue weighted by Crippen LogP contribution is -2.25. The van der Waals surface area contributed by atoms with Gasteiger partial charge in [0.25, 0.3) is 0 Å². The normalized spacial score (nSPS) is 14.1. The maximum absolute atomic E-state index is 9.48. The SMILES string of the molecule is CCCCCCCCCCCCOCCC(O)OCC(O)CO. The Balaban J connectivity index is 3.12. The number of rotatable bonds is 18. The van der Waals surface area contributed by atoms with E-state index in [2.05, 4.69) is 6.92 Å². The summed E-state index contributed by atoms with van der Waals surface area (Å²) in [6, 6.07) is 0. The highest BCUT2D eigenvalue weighted by molar-refractivity contribution is 4.51. The van der Waals surface area contributed by atoms with Gasteiger partial charge in [-0.15, -0.1) is 0 Å². The first kappa shape index (κ1) is 22.8. The smallest absolute Gasteiger partial charge is 0.156 e. The van der Waals surface area contributed by atoms with Gasteiger partial charge < -0.3 is 24.8 Å². The topological polar surface area (TPSA) is 79.2 Å². The van der Waals surface area contributed by atoms with Crippen LogP contribution in [0.3, 0.4) is 0 Å². The lowest BCUT2D eigenvalue weighted by molar-refractivity contribution is -0.136. The van der Waals surface area contributed by atoms with Gasteiger partial charge in [0.2, 0.25) is 0 Å². The molecule has 2 unspecified atom stereocenters. The fourth-order valence-corrected chi connectivity index (χ4v) is 2.34. The predicted octanol–water partition coefficient (Wildman–Crippen LogP) is 3.00. The molecule has 5 heteroatoms. The minimum Gasteiger partial charge on any atom is -0.394 e. The van der Waals surface area contributed by atoms with Gasteiger partial charge in [0, 0.05) is 13.0 Å². The van der Waals surface area contributed by atoms with Gasteiger partial charge in [-0.3, -0.25) is 0 Å². The molecule has 2 atom stereocenters. The van der Waals surface area contributed by atoms with E-state index in [1.165, 1.54) is 57.8 Å². The molecule has 0 radical (unpaired) electrons. The van der Waals surface area contributed by atoms with Crippen molar-refractivity contribution in [2.45, 2.75) is 89.9 Å². The molecule has 0 heterocycles. The number of hydrogen-bond acceptors (Lipinski definition) is 5. The van der Waals surface area contributed by atoms with Crippen LogP contribution in [0.5, 0.6) is 0 Å². The number of aliphatic hydroxyl groups is 3. The van der Waals surface area contributed by atoms with E-state index in [1.807, 2.05) is 0 Å². The van der Waals surface area contributed by atoms with Crippen molar-refractivity contribution in [1.82, 2.24) is 0 Å². The van der Waals surface area contributed by atoms with Crippen LogP contribution in [0, 0.1) is 0 Å². The van der Waals surface area contributed by atoms with Crippen molar-refractivity contribution >= 4 is 0 Å². The maximum Gasteiger partial charge on any atom is 0.156 e. The Labute approximate surface area is 142 Å². The Morgan fingerprint density at radius 2 is 1.35 bits per heavy atom. The summed E-state index contributed by atoms with van der Waals surface area (Å²) in [6.45, 7) is 3.01. The van der Waals surface area contributed by atoms with Crippen LogP contribution >= 0.6 is 0 Å². The van der Waals surface area contributed by atoms with Crippen molar-refractivity contribution in [3.05, 3.63) is 0 Å². The molecule has 0 aliphatic rings. The Morgan fingerprint density at radius 1 is 0.783 bits per heavy atom. The molecule has 0 aliphatic heterocycles. The standard InChI is InChI=1S/C18H38O5/c1-2-3-4-5-6-7-8-9-10-11-13-22-14-12-18(21)23-16-17(20)15-19/h17-21H,2-16H2,1H3. The van der Waals surface area contributed by atoms with Crippen LogP contribution in [0.25, 0.3) is 0 Å². The van der Waals surface area contributed by atoms with E-state index in [9.17, 15) is 5.11 Å². The Bertz CT molecular complexity index is 225. The first-order valence-electron chi connectivity index (χ1n) is 9.37. The summed E-state index contributed by atoms with van der Waals surface area (Å²) in [5.41, 5.74) is 0. The van der Waals surface area contributed by atoms with E-state index in [0.717, 1.165) is 13.0 Å². The van der Waals surface area contributed by atoms with Crippen LogP contribution < -0.4 is 0 Å². The average Bonchev–Trinajstić information content (AvgIpc) is 2.56. The predicted molar refractivity (Wildman–Crippen MR) is 92.3 cm³/mol. The lowest BCUT2D eigenvalue weighted by Gasteiger charge is -2.14. The fourth-order valence-electron chi connectivity index (χ4n) is 2.34. The molecule has 140 valence electrons. The van der Waals surface area contributed by atoms with Gasteiger partial charge in [0.1, 0.15) is 6.10 Å². The molecule has 0 aromatic heterocycles. The molecule has 0 amide bonds. The third-order valence-corrected chi connectivity index (χ3v) is 3.84. The van der Waals surface area contributed by atoms with E-state index in [-0.39, 0.29) is 13.2 Å². The van der Waals surface area contributed by atoms with Gasteiger partial charge in [-0.25, -0.2) is 0 Å². The molecule has 0 aromatic rings. The molecular formula is C18H38O5. The second-order valence-corrected chi connectivity index (χ2v) is 6.21. The van der Waals surface area contributed by atoms with Gasteiger partial charge >= 0.3 is 0 Å². The third-order valence-electron chi connectivity index (χ3n) is 3.84. The van der Waals surface area contributed by atoms with E-state index < -0.39 is 12.4 Å². The van der Waals surface area contributed by atoms with E-state index in [0.29, 0.717) is 13.0 Å². The summed E-state index contributed by atoms with van der Waals surface area (Å²) in [5, 5.41) is 27.2. The van der Waals surface area contributed by atoms with Gasteiger partial charge in [-0.2, -0.15) is 0 Å². The zero-order chi connectivity index (χ0) is 17.2. The molecule has 5 nitrogen and oxygen atoms in total. The summed E-state index contributed by atoms with van der Waals surface area (Å²) < 4.78 is 10.4. The van der Waals surface area contributed by atoms with Crippen molar-refractivity contribution in [2.24, 2.45) is 0 Å². The number of unbranched alkanes of at least 4 members (excludes halogenated alkanes) is 9. The quantitative estimate of drug-likeness (QED) is 0.265. The number of ether oxygens (including phenoxy) is 2. The Hall–Kier alpha value is -0.200. The Morgan fingerprint density at radius 3 is 1.91 bits per heavy atom. The second-order valence-electron chi connectivity index (χ2n) is 6.21. The third kappa shape index (κ3) is 18.0. The number of hydrogen-bond donors (Lipinski definition) is 3. The van der Waals surface area contributed by atoms with Crippen LogP contribution in [0.4, 0.5) is 0 Å². The van der Waals surface area contributed by atoms with Gasteiger partial charge in [0.15, 0.2) is 6.29 Å². The maximum atomic E-state index is 9.48. The van der Waals surface area contributed by atoms with Crippen LogP contribution in [-0.4, -0.2) is 54.1 Å². The minimum atomic E-state index is -0.941. The van der Waals surface area contributed by atoms with Gasteiger partial charge in [-0.05, 0) is 6.42 Å². The van der Waals surface area contributed by atoms with Crippen LogP contribution in [0.15, 0.2) is 0 Å². The van der Waals surface area contributed by atoms with Gasteiger partial charge in [-0.1, -0.05) is 64.7 Å². The van der Waals surface area contributed by atoms with Crippen molar-refractivity contribution in [1.29, 1.82) is 0 Å². The molecule has 3 N–H and O–H groups in total. The summed E-state index contributed by atoms with van der Waals surface area (Å²) in [5.74, 6) is 0. The van der Waals surface area contributed by atoms with Crippen LogP contribution in [-0.2, 0) is 9.47 Å². The molecular weight excluding hydrogens is 296 g/mol. The molecule has 0 saturated heterocycles.